The van der Waals surface area contributed by atoms with Crippen molar-refractivity contribution >= 4 is 10.1 Å². The third-order valence-corrected chi connectivity index (χ3v) is 5.95. The Morgan fingerprint density at radius 3 is 1.20 bits per heavy atom. The zero-order valence-electron chi connectivity index (χ0n) is 19.2. The Morgan fingerprint density at radius 1 is 0.512 bits per heavy atom. The highest BCUT2D eigenvalue weighted by molar-refractivity contribution is 7.86. The molecule has 0 rings (SSSR count). The maximum Gasteiger partial charge on any atom is 0.460 e. The van der Waals surface area contributed by atoms with E-state index in [4.69, 9.17) is 4.55 Å². The first-order valence-corrected chi connectivity index (χ1v) is 11.4. The monoisotopic (exact) mass is 682 g/mol. The van der Waals surface area contributed by atoms with Crippen LogP contribution in [-0.4, -0.2) is 71.9 Å². The summed E-state index contributed by atoms with van der Waals surface area (Å²) in [7, 11) is -7.72. The number of unbranched alkanes of at least 4 members (excludes halogenated alkanes) is 3. The largest absolute Gasteiger partial charge is 0.460 e. The SMILES string of the molecule is CCCCCCC(F)(F)C(F)(F)C(F)(F)C(F)(F)C(F)(F)C(F)(F)C(F)(F)C(F)(F)OC(F)(F)C(F)(F)S(=O)(=O)O. The Morgan fingerprint density at radius 2 is 0.854 bits per heavy atom. The molecule has 41 heavy (non-hydrogen) atoms. The van der Waals surface area contributed by atoms with Crippen LogP contribution in [0.3, 0.4) is 0 Å². The molecular weight excluding hydrogens is 668 g/mol. The molecule has 0 aromatic heterocycles. The van der Waals surface area contributed by atoms with Gasteiger partial charge in [-0.1, -0.05) is 26.2 Å². The normalized spacial score (nSPS) is 16.3. The van der Waals surface area contributed by atoms with Crippen molar-refractivity contribution in [2.45, 2.75) is 98.0 Å². The number of alkyl halides is 20. The molecule has 0 heterocycles. The van der Waals surface area contributed by atoms with E-state index in [2.05, 4.69) is 0 Å². The van der Waals surface area contributed by atoms with Crippen LogP contribution in [0.4, 0.5) is 87.8 Å². The van der Waals surface area contributed by atoms with Crippen LogP contribution >= 0.6 is 0 Å². The van der Waals surface area contributed by atoms with E-state index in [1.807, 2.05) is 0 Å². The molecular formula is C16H14F20O4S. The van der Waals surface area contributed by atoms with Crippen molar-refractivity contribution < 1.29 is 106 Å². The van der Waals surface area contributed by atoms with Gasteiger partial charge in [0.2, 0.25) is 0 Å². The average molecular weight is 682 g/mol. The van der Waals surface area contributed by atoms with Gasteiger partial charge in [0.05, 0.1) is 0 Å². The topological polar surface area (TPSA) is 63.6 Å². The van der Waals surface area contributed by atoms with Gasteiger partial charge in [-0.05, 0) is 6.42 Å². The highest BCUT2D eigenvalue weighted by atomic mass is 32.2. The lowest BCUT2D eigenvalue weighted by atomic mass is 9.87. The van der Waals surface area contributed by atoms with E-state index in [1.54, 1.807) is 0 Å². The van der Waals surface area contributed by atoms with Gasteiger partial charge >= 0.3 is 69.0 Å². The summed E-state index contributed by atoms with van der Waals surface area (Å²) in [4.78, 5) is 0. The molecule has 0 aliphatic carbocycles. The smallest absolute Gasteiger partial charge is 0.281 e. The fraction of sp³-hybridized carbons (Fsp3) is 1.00. The molecule has 0 unspecified atom stereocenters. The predicted octanol–water partition coefficient (Wildman–Crippen LogP) is 8.09. The molecule has 4 nitrogen and oxygen atoms in total. The number of halogens is 20. The highest BCUT2D eigenvalue weighted by Crippen LogP contribution is 2.64. The zero-order valence-corrected chi connectivity index (χ0v) is 20.0. The van der Waals surface area contributed by atoms with Crippen LogP contribution < -0.4 is 0 Å². The first kappa shape index (κ1) is 39.5. The van der Waals surface area contributed by atoms with Gasteiger partial charge in [0, 0.05) is 6.42 Å². The van der Waals surface area contributed by atoms with Crippen LogP contribution in [0.2, 0.25) is 0 Å². The maximum absolute atomic E-state index is 13.8. The maximum atomic E-state index is 13.8. The molecule has 0 bridgehead atoms. The Bertz CT molecular complexity index is 1020. The summed E-state index contributed by atoms with van der Waals surface area (Å²) in [6, 6.07) is 0. The van der Waals surface area contributed by atoms with Crippen LogP contribution in [0.25, 0.3) is 0 Å². The third-order valence-electron chi connectivity index (χ3n) is 5.06. The molecule has 0 amide bonds. The third kappa shape index (κ3) is 5.98. The summed E-state index contributed by atoms with van der Waals surface area (Å²) < 4.78 is 300. The minimum Gasteiger partial charge on any atom is -0.281 e. The predicted molar refractivity (Wildman–Crippen MR) is 90.9 cm³/mol. The molecule has 0 radical (unpaired) electrons. The lowest BCUT2D eigenvalue weighted by molar-refractivity contribution is -0.504. The second-order valence-electron chi connectivity index (χ2n) is 8.09. The quantitative estimate of drug-likeness (QED) is 0.102. The molecule has 0 saturated carbocycles. The molecule has 0 spiro atoms. The van der Waals surface area contributed by atoms with Gasteiger partial charge in [-0.2, -0.15) is 96.2 Å². The van der Waals surface area contributed by atoms with Crippen molar-refractivity contribution in [1.82, 2.24) is 0 Å². The van der Waals surface area contributed by atoms with Crippen LogP contribution in [0.5, 0.6) is 0 Å². The van der Waals surface area contributed by atoms with E-state index in [9.17, 15) is 96.2 Å². The van der Waals surface area contributed by atoms with Crippen molar-refractivity contribution in [3.05, 3.63) is 0 Å². The summed E-state index contributed by atoms with van der Waals surface area (Å²) in [5.74, 6) is -58.8. The van der Waals surface area contributed by atoms with E-state index >= 15 is 0 Å². The summed E-state index contributed by atoms with van der Waals surface area (Å²) >= 11 is 0. The van der Waals surface area contributed by atoms with Crippen molar-refractivity contribution in [2.75, 3.05) is 0 Å². The molecule has 1 N–H and O–H groups in total. The average Bonchev–Trinajstić information content (AvgIpc) is 2.74. The summed E-state index contributed by atoms with van der Waals surface area (Å²) in [6.07, 6.45) is -20.5. The van der Waals surface area contributed by atoms with E-state index in [1.165, 1.54) is 6.92 Å². The molecule has 0 aromatic rings. The first-order chi connectivity index (χ1) is 17.5. The van der Waals surface area contributed by atoms with Gasteiger partial charge in [0.1, 0.15) is 0 Å². The summed E-state index contributed by atoms with van der Waals surface area (Å²) in [5.41, 5.74) is 0. The highest BCUT2D eigenvalue weighted by Gasteiger charge is 2.95. The summed E-state index contributed by atoms with van der Waals surface area (Å²) in [5, 5.41) is -7.51. The minimum absolute atomic E-state index is 0.0843. The van der Waals surface area contributed by atoms with Crippen molar-refractivity contribution in [2.24, 2.45) is 0 Å². The zero-order chi connectivity index (χ0) is 33.7. The second kappa shape index (κ2) is 10.9. The molecule has 248 valence electrons. The lowest BCUT2D eigenvalue weighted by Crippen LogP contribution is -2.75. The van der Waals surface area contributed by atoms with E-state index in [0.29, 0.717) is 0 Å². The molecule has 0 fully saturated rings. The van der Waals surface area contributed by atoms with Gasteiger partial charge in [0.25, 0.3) is 0 Å². The van der Waals surface area contributed by atoms with Gasteiger partial charge < -0.3 is 0 Å². The standard InChI is InChI=1S/C16H14F20O4S/c1-2-3-4-5-6-7(17,18)8(19,20)9(21,22)10(23,24)11(25,26)12(27,28)13(29,30)14(31,32)40-15(33,34)16(35,36)41(37,38)39/h2-6H2,1H3,(H,37,38,39). The first-order valence-electron chi connectivity index (χ1n) is 9.97. The van der Waals surface area contributed by atoms with Gasteiger partial charge in [-0.3, -0.25) is 4.55 Å². The van der Waals surface area contributed by atoms with Crippen molar-refractivity contribution in [1.29, 1.82) is 0 Å². The minimum atomic E-state index is -9.07. The second-order valence-corrected chi connectivity index (χ2v) is 9.55. The van der Waals surface area contributed by atoms with Crippen LogP contribution in [-0.2, 0) is 14.9 Å². The van der Waals surface area contributed by atoms with Crippen LogP contribution in [0, 0.1) is 0 Å². The Balaban J connectivity index is 6.81. The number of rotatable bonds is 16. The van der Waals surface area contributed by atoms with Crippen LogP contribution in [0.15, 0.2) is 0 Å². The number of hydrogen-bond donors (Lipinski definition) is 1. The number of hydrogen-bond acceptors (Lipinski definition) is 3. The molecule has 25 heteroatoms. The molecule has 0 saturated heterocycles. The van der Waals surface area contributed by atoms with Crippen molar-refractivity contribution in [3.8, 4) is 0 Å². The van der Waals surface area contributed by atoms with E-state index in [0.717, 1.165) is 4.74 Å². The number of ether oxygens (including phenoxy) is 1. The molecule has 0 aliphatic heterocycles. The van der Waals surface area contributed by atoms with Crippen molar-refractivity contribution in [3.63, 3.8) is 0 Å². The fourth-order valence-electron chi connectivity index (χ4n) is 2.57. The molecule has 0 aromatic carbocycles. The Kier molecular flexibility index (Phi) is 10.5. The fourth-order valence-corrected chi connectivity index (χ4v) is 2.91. The molecule has 0 aliphatic rings. The van der Waals surface area contributed by atoms with Crippen LogP contribution in [0.1, 0.15) is 39.0 Å². The Labute approximate surface area is 214 Å². The van der Waals surface area contributed by atoms with E-state index < -0.39 is 88.3 Å². The van der Waals surface area contributed by atoms with E-state index in [-0.39, 0.29) is 12.8 Å². The van der Waals surface area contributed by atoms with Gasteiger partial charge in [0.15, 0.2) is 0 Å². The Hall–Kier alpha value is -1.53. The summed E-state index contributed by atoms with van der Waals surface area (Å²) in [6.45, 7) is 1.37. The van der Waals surface area contributed by atoms with Gasteiger partial charge in [-0.25, -0.2) is 4.74 Å². The molecule has 0 atom stereocenters. The van der Waals surface area contributed by atoms with Gasteiger partial charge in [-0.15, -0.1) is 0 Å². The lowest BCUT2D eigenvalue weighted by Gasteiger charge is -2.43.